The molecule has 0 aliphatic carbocycles. The fraction of sp³-hybridized carbons (Fsp3) is 0.556. The number of rotatable bonds is 4. The zero-order valence-corrected chi connectivity index (χ0v) is 14.1. The van der Waals surface area contributed by atoms with E-state index in [1.54, 1.807) is 12.1 Å². The number of hydrogen-bond acceptors (Lipinski definition) is 5. The number of benzene rings is 1. The number of carbonyl (C=O) groups excluding carboxylic acids is 2. The van der Waals surface area contributed by atoms with Gasteiger partial charge in [0.15, 0.2) is 0 Å². The number of hydrogen-bond donors (Lipinski definition) is 2. The zero-order valence-electron chi connectivity index (χ0n) is 14.1. The summed E-state index contributed by atoms with van der Waals surface area (Å²) in [4.78, 5) is 24.0. The van der Waals surface area contributed by atoms with Gasteiger partial charge in [-0.1, -0.05) is 12.1 Å². The van der Waals surface area contributed by atoms with Crippen LogP contribution in [0, 0.1) is 5.92 Å². The van der Waals surface area contributed by atoms with E-state index in [1.165, 1.54) is 7.11 Å². The normalized spacial score (nSPS) is 28.9. The molecule has 2 heterocycles. The minimum absolute atomic E-state index is 0.0751. The van der Waals surface area contributed by atoms with E-state index >= 15 is 0 Å². The molecule has 1 amide bonds. The van der Waals surface area contributed by atoms with Crippen LogP contribution in [-0.2, 0) is 20.8 Å². The predicted octanol–water partition coefficient (Wildman–Crippen LogP) is 1.25. The zero-order chi connectivity index (χ0) is 17.2. The average Bonchev–Trinajstić information content (AvgIpc) is 2.96. The van der Waals surface area contributed by atoms with Gasteiger partial charge in [-0.25, -0.2) is 4.79 Å². The molecule has 2 N–H and O–H groups in total. The van der Waals surface area contributed by atoms with Crippen LogP contribution in [0.2, 0.25) is 0 Å². The molecule has 0 bridgehead atoms. The van der Waals surface area contributed by atoms with Gasteiger partial charge in [0.25, 0.3) is 5.91 Å². The first-order chi connectivity index (χ1) is 11.5. The third-order valence-electron chi connectivity index (χ3n) is 4.91. The Bertz CT molecular complexity index is 600. The van der Waals surface area contributed by atoms with Crippen LogP contribution in [0.5, 0.6) is 0 Å². The topological polar surface area (TPSA) is 76.7 Å². The molecule has 0 spiro atoms. The van der Waals surface area contributed by atoms with E-state index in [9.17, 15) is 9.59 Å². The summed E-state index contributed by atoms with van der Waals surface area (Å²) in [5.74, 6) is -0.0311. The van der Waals surface area contributed by atoms with Crippen LogP contribution in [0.1, 0.15) is 35.7 Å². The summed E-state index contributed by atoms with van der Waals surface area (Å²) in [6.45, 7) is 4.15. The molecule has 3 rings (SSSR count). The number of fused-ring (bicyclic) bond motifs is 1. The molecular formula is C18H24N2O4. The van der Waals surface area contributed by atoms with Gasteiger partial charge < -0.3 is 20.1 Å². The van der Waals surface area contributed by atoms with Gasteiger partial charge in [-0.15, -0.1) is 0 Å². The summed E-state index contributed by atoms with van der Waals surface area (Å²) in [7, 11) is 1.35. The van der Waals surface area contributed by atoms with E-state index < -0.39 is 5.60 Å². The van der Waals surface area contributed by atoms with Gasteiger partial charge in [0.05, 0.1) is 18.8 Å². The molecular weight excluding hydrogens is 308 g/mol. The van der Waals surface area contributed by atoms with E-state index in [4.69, 9.17) is 4.74 Å². The SMILES string of the molecule is COC(=O)c1ccc(CNC(=O)[C@@]2(C)C[C@H]3CNCC[C@H]3O2)cc1. The van der Waals surface area contributed by atoms with Gasteiger partial charge in [0.2, 0.25) is 0 Å². The Hall–Kier alpha value is -1.92. The number of esters is 1. The molecule has 2 saturated heterocycles. The van der Waals surface area contributed by atoms with Crippen molar-refractivity contribution < 1.29 is 19.1 Å². The first kappa shape index (κ1) is 16.9. The highest BCUT2D eigenvalue weighted by Gasteiger charge is 2.48. The van der Waals surface area contributed by atoms with Gasteiger partial charge in [-0.05, 0) is 44.0 Å². The second-order valence-corrected chi connectivity index (χ2v) is 6.72. The summed E-state index contributed by atoms with van der Waals surface area (Å²) in [5.41, 5.74) is 0.666. The largest absolute Gasteiger partial charge is 0.465 e. The smallest absolute Gasteiger partial charge is 0.337 e. The van der Waals surface area contributed by atoms with Gasteiger partial charge in [0, 0.05) is 19.0 Å². The monoisotopic (exact) mass is 332 g/mol. The van der Waals surface area contributed by atoms with Crippen LogP contribution < -0.4 is 10.6 Å². The molecule has 2 aliphatic rings. The summed E-state index contributed by atoms with van der Waals surface area (Å²) in [6, 6.07) is 7.02. The Balaban J connectivity index is 1.56. The van der Waals surface area contributed by atoms with Crippen molar-refractivity contribution in [1.82, 2.24) is 10.6 Å². The maximum absolute atomic E-state index is 12.6. The van der Waals surface area contributed by atoms with Crippen molar-refractivity contribution in [1.29, 1.82) is 0 Å². The Morgan fingerprint density at radius 3 is 2.79 bits per heavy atom. The molecule has 3 atom stereocenters. The second-order valence-electron chi connectivity index (χ2n) is 6.72. The molecule has 130 valence electrons. The standard InChI is InChI=1S/C18H24N2O4/c1-18(9-14-11-19-8-7-15(14)24-18)17(22)20-10-12-3-5-13(6-4-12)16(21)23-2/h3-6,14-15,19H,7-11H2,1-2H3,(H,20,22)/t14-,15+,18+/m0/s1. The van der Waals surface area contributed by atoms with E-state index in [1.807, 2.05) is 19.1 Å². The Labute approximate surface area is 141 Å². The molecule has 1 aromatic carbocycles. The van der Waals surface area contributed by atoms with Crippen molar-refractivity contribution in [3.05, 3.63) is 35.4 Å². The molecule has 0 aromatic heterocycles. The lowest BCUT2D eigenvalue weighted by atomic mass is 9.89. The van der Waals surface area contributed by atoms with Crippen molar-refractivity contribution in [2.24, 2.45) is 5.92 Å². The van der Waals surface area contributed by atoms with Crippen LogP contribution in [0.3, 0.4) is 0 Å². The van der Waals surface area contributed by atoms with Gasteiger partial charge >= 0.3 is 5.97 Å². The molecule has 24 heavy (non-hydrogen) atoms. The third-order valence-corrected chi connectivity index (χ3v) is 4.91. The van der Waals surface area contributed by atoms with Crippen molar-refractivity contribution in [2.75, 3.05) is 20.2 Å². The molecule has 0 radical (unpaired) electrons. The van der Waals surface area contributed by atoms with Gasteiger partial charge in [0.1, 0.15) is 5.60 Å². The van der Waals surface area contributed by atoms with E-state index in [-0.39, 0.29) is 18.0 Å². The summed E-state index contributed by atoms with van der Waals surface area (Å²) >= 11 is 0. The van der Waals surface area contributed by atoms with Crippen LogP contribution >= 0.6 is 0 Å². The van der Waals surface area contributed by atoms with Gasteiger partial charge in [-0.2, -0.15) is 0 Å². The molecule has 2 fully saturated rings. The van der Waals surface area contributed by atoms with Crippen LogP contribution in [-0.4, -0.2) is 43.8 Å². The van der Waals surface area contributed by atoms with Crippen LogP contribution in [0.15, 0.2) is 24.3 Å². The molecule has 0 unspecified atom stereocenters. The maximum atomic E-state index is 12.6. The highest BCUT2D eigenvalue weighted by molar-refractivity contribution is 5.89. The lowest BCUT2D eigenvalue weighted by molar-refractivity contribution is -0.144. The lowest BCUT2D eigenvalue weighted by Gasteiger charge is -2.25. The number of methoxy groups -OCH3 is 1. The van der Waals surface area contributed by atoms with E-state index in [0.29, 0.717) is 18.0 Å². The van der Waals surface area contributed by atoms with Crippen LogP contribution in [0.25, 0.3) is 0 Å². The molecule has 2 aliphatic heterocycles. The van der Waals surface area contributed by atoms with E-state index in [2.05, 4.69) is 15.4 Å². The Morgan fingerprint density at radius 1 is 1.38 bits per heavy atom. The van der Waals surface area contributed by atoms with E-state index in [0.717, 1.165) is 31.5 Å². The number of nitrogens with one attached hydrogen (secondary N) is 2. The average molecular weight is 332 g/mol. The fourth-order valence-electron chi connectivity index (χ4n) is 3.53. The minimum Gasteiger partial charge on any atom is -0.465 e. The quantitative estimate of drug-likeness (QED) is 0.812. The third kappa shape index (κ3) is 3.44. The molecule has 0 saturated carbocycles. The van der Waals surface area contributed by atoms with Crippen molar-refractivity contribution >= 4 is 11.9 Å². The first-order valence-electron chi connectivity index (χ1n) is 8.36. The predicted molar refractivity (Wildman–Crippen MR) is 88.5 cm³/mol. The minimum atomic E-state index is -0.757. The first-order valence-corrected chi connectivity index (χ1v) is 8.36. The summed E-state index contributed by atoms with van der Waals surface area (Å²) in [6.07, 6.45) is 1.89. The number of carbonyl (C=O) groups is 2. The van der Waals surface area contributed by atoms with Crippen molar-refractivity contribution in [3.8, 4) is 0 Å². The number of amides is 1. The maximum Gasteiger partial charge on any atom is 0.337 e. The van der Waals surface area contributed by atoms with Crippen molar-refractivity contribution in [3.63, 3.8) is 0 Å². The van der Waals surface area contributed by atoms with Crippen molar-refractivity contribution in [2.45, 2.75) is 38.0 Å². The molecule has 6 heteroatoms. The summed E-state index contributed by atoms with van der Waals surface area (Å²) < 4.78 is 10.7. The lowest BCUT2D eigenvalue weighted by Crippen LogP contribution is -2.44. The number of ether oxygens (including phenoxy) is 2. The summed E-state index contributed by atoms with van der Waals surface area (Å²) in [5, 5.41) is 6.31. The number of piperidine rings is 1. The fourth-order valence-corrected chi connectivity index (χ4v) is 3.53. The van der Waals surface area contributed by atoms with Gasteiger partial charge in [-0.3, -0.25) is 4.79 Å². The Morgan fingerprint density at radius 2 is 2.12 bits per heavy atom. The highest BCUT2D eigenvalue weighted by Crippen LogP contribution is 2.37. The highest BCUT2D eigenvalue weighted by atomic mass is 16.5. The van der Waals surface area contributed by atoms with Crippen LogP contribution in [0.4, 0.5) is 0 Å². The molecule has 6 nitrogen and oxygen atoms in total. The Kier molecular flexibility index (Phi) is 4.87. The molecule has 1 aromatic rings. The second kappa shape index (κ2) is 6.91.